The Morgan fingerprint density at radius 2 is 1.68 bits per heavy atom. The number of ether oxygens (including phenoxy) is 2. The highest BCUT2D eigenvalue weighted by Gasteiger charge is 2.38. The molecular formula is C16H28N2O4. The molecule has 0 aromatic heterocycles. The zero-order valence-electron chi connectivity index (χ0n) is 14.5. The van der Waals surface area contributed by atoms with Crippen LogP contribution in [0.2, 0.25) is 0 Å². The quantitative estimate of drug-likeness (QED) is 0.576. The van der Waals surface area contributed by atoms with Crippen LogP contribution in [0.25, 0.3) is 0 Å². The maximum Gasteiger partial charge on any atom is 0.410 e. The van der Waals surface area contributed by atoms with E-state index < -0.39 is 5.60 Å². The van der Waals surface area contributed by atoms with Crippen LogP contribution in [0.4, 0.5) is 4.79 Å². The molecule has 0 radical (unpaired) electrons. The number of nitrogens with zero attached hydrogens (tertiary/aromatic N) is 2. The Labute approximate surface area is 133 Å². The lowest BCUT2D eigenvalue weighted by Gasteiger charge is -2.46. The zero-order chi connectivity index (χ0) is 17.1. The molecule has 126 valence electrons. The number of likely N-dealkylation sites (tertiary alicyclic amines) is 1. The van der Waals surface area contributed by atoms with Gasteiger partial charge in [-0.2, -0.15) is 0 Å². The van der Waals surface area contributed by atoms with Crippen LogP contribution in [-0.2, 0) is 14.3 Å². The molecule has 0 aromatic carbocycles. The Bertz CT molecular complexity index is 428. The van der Waals surface area contributed by atoms with Gasteiger partial charge in [-0.15, -0.1) is 0 Å². The number of carbonyl (C=O) groups excluding carboxylic acids is 2. The van der Waals surface area contributed by atoms with E-state index in [4.69, 9.17) is 9.47 Å². The Morgan fingerprint density at radius 3 is 2.09 bits per heavy atom. The summed E-state index contributed by atoms with van der Waals surface area (Å²) in [6, 6.07) is 0.0209. The summed E-state index contributed by atoms with van der Waals surface area (Å²) in [5, 5.41) is 0. The van der Waals surface area contributed by atoms with Crippen molar-refractivity contribution in [2.45, 2.75) is 58.8 Å². The standard InChI is InChI=1S/C16H28N2O4/c1-12(21-15(2,3)4)18(8-9-19)13-10-17(11-13)14(20)22-16(5,6)7/h9,13H,1,8,10-11H2,2-7H3. The fraction of sp³-hybridized carbons (Fsp3) is 0.750. The van der Waals surface area contributed by atoms with E-state index in [1.807, 2.05) is 41.5 Å². The number of hydrogen-bond acceptors (Lipinski definition) is 5. The SMILES string of the molecule is C=C(OC(C)(C)C)N(CC=O)C1CN(C(=O)OC(C)(C)C)C1. The van der Waals surface area contributed by atoms with Crippen LogP contribution in [0, 0.1) is 0 Å². The van der Waals surface area contributed by atoms with Gasteiger partial charge in [0, 0.05) is 13.1 Å². The Kier molecular flexibility index (Phi) is 5.49. The van der Waals surface area contributed by atoms with E-state index >= 15 is 0 Å². The lowest BCUT2D eigenvalue weighted by atomic mass is 10.1. The fourth-order valence-electron chi connectivity index (χ4n) is 2.07. The van der Waals surface area contributed by atoms with Gasteiger partial charge in [0.2, 0.25) is 0 Å². The molecule has 0 unspecified atom stereocenters. The summed E-state index contributed by atoms with van der Waals surface area (Å²) in [5.41, 5.74) is -0.892. The van der Waals surface area contributed by atoms with Gasteiger partial charge in [-0.25, -0.2) is 4.79 Å². The van der Waals surface area contributed by atoms with E-state index in [9.17, 15) is 9.59 Å². The molecule has 1 rings (SSSR count). The second-order valence-electron chi connectivity index (χ2n) is 7.47. The van der Waals surface area contributed by atoms with Crippen molar-refractivity contribution in [3.8, 4) is 0 Å². The third-order valence-electron chi connectivity index (χ3n) is 2.97. The number of carbonyl (C=O) groups is 2. The summed E-state index contributed by atoms with van der Waals surface area (Å²) in [6.45, 7) is 16.4. The van der Waals surface area contributed by atoms with Crippen LogP contribution < -0.4 is 0 Å². The number of rotatable bonds is 5. The van der Waals surface area contributed by atoms with Crippen molar-refractivity contribution in [3.63, 3.8) is 0 Å². The lowest BCUT2D eigenvalue weighted by Crippen LogP contribution is -2.61. The average Bonchev–Trinajstić information content (AvgIpc) is 2.20. The molecule has 1 aliphatic rings. The second kappa shape index (κ2) is 6.58. The van der Waals surface area contributed by atoms with Gasteiger partial charge in [0.25, 0.3) is 0 Å². The van der Waals surface area contributed by atoms with Crippen molar-refractivity contribution < 1.29 is 19.1 Å². The van der Waals surface area contributed by atoms with Crippen molar-refractivity contribution in [3.05, 3.63) is 12.5 Å². The molecule has 1 saturated heterocycles. The summed E-state index contributed by atoms with van der Waals surface area (Å²) >= 11 is 0. The molecule has 0 aromatic rings. The van der Waals surface area contributed by atoms with Crippen LogP contribution in [0.15, 0.2) is 12.5 Å². The van der Waals surface area contributed by atoms with Crippen LogP contribution in [-0.4, -0.2) is 59.1 Å². The van der Waals surface area contributed by atoms with E-state index in [1.165, 1.54) is 0 Å². The van der Waals surface area contributed by atoms with Crippen molar-refractivity contribution in [2.75, 3.05) is 19.6 Å². The van der Waals surface area contributed by atoms with E-state index in [-0.39, 0.29) is 24.3 Å². The molecular weight excluding hydrogens is 284 g/mol. The average molecular weight is 312 g/mol. The highest BCUT2D eigenvalue weighted by Crippen LogP contribution is 2.24. The lowest BCUT2D eigenvalue weighted by molar-refractivity contribution is -0.112. The minimum absolute atomic E-state index is 0.0209. The van der Waals surface area contributed by atoms with Crippen molar-refractivity contribution in [1.29, 1.82) is 0 Å². The molecule has 1 heterocycles. The first-order valence-corrected chi connectivity index (χ1v) is 7.49. The summed E-state index contributed by atoms with van der Waals surface area (Å²) in [7, 11) is 0. The second-order valence-corrected chi connectivity index (χ2v) is 7.47. The van der Waals surface area contributed by atoms with Gasteiger partial charge in [0.15, 0.2) is 5.88 Å². The van der Waals surface area contributed by atoms with Gasteiger partial charge in [-0.1, -0.05) is 0 Å². The van der Waals surface area contributed by atoms with Crippen LogP contribution >= 0.6 is 0 Å². The van der Waals surface area contributed by atoms with E-state index in [0.717, 1.165) is 6.29 Å². The third-order valence-corrected chi connectivity index (χ3v) is 2.97. The predicted molar refractivity (Wildman–Crippen MR) is 84.3 cm³/mol. The molecule has 6 heteroatoms. The van der Waals surface area contributed by atoms with Gasteiger partial charge in [-0.3, -0.25) is 0 Å². The molecule has 1 amide bonds. The minimum Gasteiger partial charge on any atom is -0.474 e. The summed E-state index contributed by atoms with van der Waals surface area (Å²) in [6.07, 6.45) is 0.477. The maximum atomic E-state index is 11.9. The molecule has 1 aliphatic heterocycles. The van der Waals surface area contributed by atoms with Gasteiger partial charge in [0.05, 0.1) is 12.6 Å². The molecule has 0 saturated carbocycles. The van der Waals surface area contributed by atoms with Crippen LogP contribution in [0.1, 0.15) is 41.5 Å². The van der Waals surface area contributed by atoms with Crippen molar-refractivity contribution in [1.82, 2.24) is 9.80 Å². The number of aldehydes is 1. The predicted octanol–water partition coefficient (Wildman–Crippen LogP) is 2.39. The molecule has 0 bridgehead atoms. The highest BCUT2D eigenvalue weighted by molar-refractivity contribution is 5.69. The normalized spacial score (nSPS) is 15.8. The summed E-state index contributed by atoms with van der Waals surface area (Å²) in [4.78, 5) is 26.2. The molecule has 6 nitrogen and oxygen atoms in total. The van der Waals surface area contributed by atoms with E-state index in [1.54, 1.807) is 9.80 Å². The van der Waals surface area contributed by atoms with E-state index in [2.05, 4.69) is 6.58 Å². The zero-order valence-corrected chi connectivity index (χ0v) is 14.5. The fourth-order valence-corrected chi connectivity index (χ4v) is 2.07. The van der Waals surface area contributed by atoms with Crippen molar-refractivity contribution >= 4 is 12.4 Å². The molecule has 0 aliphatic carbocycles. The summed E-state index contributed by atoms with van der Waals surface area (Å²) in [5.74, 6) is 0.452. The Balaban J connectivity index is 2.58. The van der Waals surface area contributed by atoms with Crippen LogP contribution in [0.5, 0.6) is 0 Å². The largest absolute Gasteiger partial charge is 0.474 e. The minimum atomic E-state index is -0.510. The van der Waals surface area contributed by atoms with E-state index in [0.29, 0.717) is 19.0 Å². The topological polar surface area (TPSA) is 59.1 Å². The van der Waals surface area contributed by atoms with Crippen LogP contribution in [0.3, 0.4) is 0 Å². The molecule has 0 spiro atoms. The van der Waals surface area contributed by atoms with Gasteiger partial charge >= 0.3 is 6.09 Å². The molecule has 1 fully saturated rings. The first-order valence-electron chi connectivity index (χ1n) is 7.49. The molecule has 22 heavy (non-hydrogen) atoms. The molecule has 0 atom stereocenters. The summed E-state index contributed by atoms with van der Waals surface area (Å²) < 4.78 is 11.0. The van der Waals surface area contributed by atoms with Gasteiger partial charge in [-0.05, 0) is 48.1 Å². The van der Waals surface area contributed by atoms with Crippen molar-refractivity contribution in [2.24, 2.45) is 0 Å². The Hall–Kier alpha value is -1.72. The first-order chi connectivity index (χ1) is 9.93. The third kappa shape index (κ3) is 5.58. The first kappa shape index (κ1) is 18.3. The molecule has 0 N–H and O–H groups in total. The Morgan fingerprint density at radius 1 is 1.18 bits per heavy atom. The highest BCUT2D eigenvalue weighted by atomic mass is 16.6. The smallest absolute Gasteiger partial charge is 0.410 e. The maximum absolute atomic E-state index is 11.9. The van der Waals surface area contributed by atoms with Gasteiger partial charge < -0.3 is 24.1 Å². The number of amides is 1. The monoisotopic (exact) mass is 312 g/mol. The van der Waals surface area contributed by atoms with Gasteiger partial charge in [0.1, 0.15) is 17.5 Å². The number of hydrogen-bond donors (Lipinski definition) is 0.